The third-order valence-corrected chi connectivity index (χ3v) is 5.30. The molecule has 0 aliphatic heterocycles. The fourth-order valence-electron chi connectivity index (χ4n) is 3.28. The smallest absolute Gasteiger partial charge is 0.372 e. The predicted octanol–water partition coefficient (Wildman–Crippen LogP) is 6.89. The summed E-state index contributed by atoms with van der Waals surface area (Å²) in [6, 6.07) is 17.9. The molecule has 0 spiro atoms. The third kappa shape index (κ3) is 10.4. The van der Waals surface area contributed by atoms with Crippen molar-refractivity contribution in [3.8, 4) is 28.7 Å². The van der Waals surface area contributed by atoms with Gasteiger partial charge in [0.2, 0.25) is 5.83 Å². The number of hydrogen-bond donors (Lipinski definition) is 0. The average molecular weight is 575 g/mol. The van der Waals surface area contributed by atoms with Crippen LogP contribution in [0.3, 0.4) is 0 Å². The highest BCUT2D eigenvalue weighted by Gasteiger charge is 2.17. The quantitative estimate of drug-likeness (QED) is 0.117. The minimum Gasteiger partial charge on any atom is -0.494 e. The Morgan fingerprint density at radius 3 is 1.62 bits per heavy atom. The molecule has 9 heteroatoms. The lowest BCUT2D eigenvalue weighted by Crippen LogP contribution is -2.11. The SMILES string of the molecule is C=C(F)C(=O)Oc1cc(OC(=O)C=Cc2ccc(OCCC)cc2)ccc1OC(=O)C=Cc1ccc(OCCC)cc1. The molecule has 0 atom stereocenters. The summed E-state index contributed by atoms with van der Waals surface area (Å²) < 4.78 is 39.9. The number of carbonyl (C=O) groups excluding carboxylic acids is 3. The van der Waals surface area contributed by atoms with E-state index in [9.17, 15) is 18.8 Å². The van der Waals surface area contributed by atoms with Crippen molar-refractivity contribution in [1.29, 1.82) is 0 Å². The zero-order chi connectivity index (χ0) is 30.3. The monoisotopic (exact) mass is 574 g/mol. The van der Waals surface area contributed by atoms with Gasteiger partial charge in [-0.15, -0.1) is 0 Å². The Morgan fingerprint density at radius 2 is 1.14 bits per heavy atom. The maximum absolute atomic E-state index is 13.3. The number of carbonyl (C=O) groups is 3. The minimum absolute atomic E-state index is 0.0408. The van der Waals surface area contributed by atoms with E-state index in [1.165, 1.54) is 30.4 Å². The van der Waals surface area contributed by atoms with Gasteiger partial charge in [0.15, 0.2) is 11.5 Å². The normalized spacial score (nSPS) is 10.8. The van der Waals surface area contributed by atoms with Crippen molar-refractivity contribution in [3.05, 3.63) is 102 Å². The van der Waals surface area contributed by atoms with Crippen LogP contribution in [-0.4, -0.2) is 31.1 Å². The number of halogens is 1. The highest BCUT2D eigenvalue weighted by Crippen LogP contribution is 2.33. The second-order valence-corrected chi connectivity index (χ2v) is 8.75. The molecule has 0 radical (unpaired) electrons. The van der Waals surface area contributed by atoms with Crippen molar-refractivity contribution >= 4 is 30.1 Å². The molecule has 0 bridgehead atoms. The molecular formula is C33H31FO8. The van der Waals surface area contributed by atoms with Crippen LogP contribution < -0.4 is 23.7 Å². The van der Waals surface area contributed by atoms with Gasteiger partial charge in [0.25, 0.3) is 0 Å². The molecular weight excluding hydrogens is 543 g/mol. The molecule has 8 nitrogen and oxygen atoms in total. The second-order valence-electron chi connectivity index (χ2n) is 8.75. The first kappa shape index (κ1) is 31.3. The van der Waals surface area contributed by atoms with Crippen LogP contribution in [0.1, 0.15) is 37.8 Å². The van der Waals surface area contributed by atoms with Crippen LogP contribution in [0.4, 0.5) is 4.39 Å². The van der Waals surface area contributed by atoms with Crippen molar-refractivity contribution in [2.24, 2.45) is 0 Å². The van der Waals surface area contributed by atoms with Gasteiger partial charge in [0, 0.05) is 18.2 Å². The van der Waals surface area contributed by atoms with Crippen LogP contribution in [0.25, 0.3) is 12.2 Å². The number of benzene rings is 3. The van der Waals surface area contributed by atoms with Gasteiger partial charge in [-0.2, -0.15) is 4.39 Å². The zero-order valence-corrected chi connectivity index (χ0v) is 23.3. The van der Waals surface area contributed by atoms with Gasteiger partial charge >= 0.3 is 17.9 Å². The van der Waals surface area contributed by atoms with Gasteiger partial charge < -0.3 is 23.7 Å². The van der Waals surface area contributed by atoms with Gasteiger partial charge in [-0.05, 0) is 72.5 Å². The molecule has 0 aliphatic rings. The second kappa shape index (κ2) is 16.2. The molecule has 3 aromatic carbocycles. The summed E-state index contributed by atoms with van der Waals surface area (Å²) in [6.45, 7) is 8.13. The molecule has 0 N–H and O–H groups in total. The Labute approximate surface area is 243 Å². The van der Waals surface area contributed by atoms with E-state index in [0.29, 0.717) is 24.5 Å². The van der Waals surface area contributed by atoms with Gasteiger partial charge in [0.1, 0.15) is 17.2 Å². The molecule has 0 fully saturated rings. The first-order valence-corrected chi connectivity index (χ1v) is 13.2. The Balaban J connectivity index is 1.67. The number of rotatable bonds is 14. The molecule has 0 amide bonds. The molecule has 3 aromatic rings. The topological polar surface area (TPSA) is 97.4 Å². The maximum atomic E-state index is 13.3. The highest BCUT2D eigenvalue weighted by molar-refractivity contribution is 5.91. The van der Waals surface area contributed by atoms with Crippen LogP contribution in [-0.2, 0) is 14.4 Å². The van der Waals surface area contributed by atoms with Gasteiger partial charge in [-0.1, -0.05) is 44.7 Å². The summed E-state index contributed by atoms with van der Waals surface area (Å²) in [4.78, 5) is 36.7. The van der Waals surface area contributed by atoms with Crippen molar-refractivity contribution in [3.63, 3.8) is 0 Å². The molecule has 0 aromatic heterocycles. The summed E-state index contributed by atoms with van der Waals surface area (Å²) in [5, 5.41) is 0. The predicted molar refractivity (Wildman–Crippen MR) is 156 cm³/mol. The fraction of sp³-hybridized carbons (Fsp3) is 0.182. The molecule has 42 heavy (non-hydrogen) atoms. The van der Waals surface area contributed by atoms with E-state index in [0.717, 1.165) is 30.2 Å². The van der Waals surface area contributed by atoms with Crippen molar-refractivity contribution < 1.29 is 42.5 Å². The average Bonchev–Trinajstić information content (AvgIpc) is 2.99. The van der Waals surface area contributed by atoms with E-state index in [2.05, 4.69) is 6.58 Å². The first-order chi connectivity index (χ1) is 20.3. The van der Waals surface area contributed by atoms with E-state index in [4.69, 9.17) is 23.7 Å². The minimum atomic E-state index is -1.40. The summed E-state index contributed by atoms with van der Waals surface area (Å²) >= 11 is 0. The standard InChI is InChI=1S/C33H31FO8/c1-4-20-38-26-12-6-24(7-13-26)10-18-31(35)40-28-16-17-29(30(22-28)42-33(37)23(3)34)41-32(36)19-11-25-8-14-27(15-9-25)39-21-5-2/h6-19,22H,3-5,20-21H2,1-2H3. The molecule has 0 saturated heterocycles. The number of hydrogen-bond acceptors (Lipinski definition) is 8. The fourth-order valence-corrected chi connectivity index (χ4v) is 3.28. The first-order valence-electron chi connectivity index (χ1n) is 13.2. The lowest BCUT2D eigenvalue weighted by molar-refractivity contribution is -0.133. The van der Waals surface area contributed by atoms with E-state index in [1.807, 2.05) is 13.8 Å². The van der Waals surface area contributed by atoms with Crippen LogP contribution in [0, 0.1) is 0 Å². The van der Waals surface area contributed by atoms with Gasteiger partial charge in [-0.25, -0.2) is 14.4 Å². The largest absolute Gasteiger partial charge is 0.494 e. The summed E-state index contributed by atoms with van der Waals surface area (Å²) in [6.07, 6.45) is 7.22. The van der Waals surface area contributed by atoms with Crippen LogP contribution in [0.2, 0.25) is 0 Å². The van der Waals surface area contributed by atoms with Crippen molar-refractivity contribution in [2.45, 2.75) is 26.7 Å². The Kier molecular flexibility index (Phi) is 12.1. The van der Waals surface area contributed by atoms with E-state index >= 15 is 0 Å². The highest BCUT2D eigenvalue weighted by atomic mass is 19.1. The molecule has 218 valence electrons. The lowest BCUT2D eigenvalue weighted by Gasteiger charge is -2.11. The summed E-state index contributed by atoms with van der Waals surface area (Å²) in [5.41, 5.74) is 1.45. The summed E-state index contributed by atoms with van der Waals surface area (Å²) in [5.74, 6) is -3.46. The summed E-state index contributed by atoms with van der Waals surface area (Å²) in [7, 11) is 0. The Hall–Kier alpha value is -5.18. The molecule has 0 aliphatic carbocycles. The zero-order valence-electron chi connectivity index (χ0n) is 23.3. The lowest BCUT2D eigenvalue weighted by atomic mass is 10.2. The number of ether oxygens (including phenoxy) is 5. The van der Waals surface area contributed by atoms with Gasteiger partial charge in [-0.3, -0.25) is 0 Å². The van der Waals surface area contributed by atoms with Gasteiger partial charge in [0.05, 0.1) is 13.2 Å². The molecule has 0 saturated carbocycles. The van der Waals surface area contributed by atoms with Crippen molar-refractivity contribution in [2.75, 3.05) is 13.2 Å². The molecule has 0 unspecified atom stereocenters. The van der Waals surface area contributed by atoms with Crippen LogP contribution in [0.15, 0.2) is 91.3 Å². The van der Waals surface area contributed by atoms with Crippen LogP contribution >= 0.6 is 0 Å². The Morgan fingerprint density at radius 1 is 0.667 bits per heavy atom. The Bertz CT molecular complexity index is 1440. The van der Waals surface area contributed by atoms with Crippen molar-refractivity contribution in [1.82, 2.24) is 0 Å². The molecule has 0 heterocycles. The van der Waals surface area contributed by atoms with E-state index in [1.54, 1.807) is 54.6 Å². The van der Waals surface area contributed by atoms with Crippen LogP contribution in [0.5, 0.6) is 28.7 Å². The third-order valence-electron chi connectivity index (χ3n) is 5.30. The van der Waals surface area contributed by atoms with E-state index < -0.39 is 23.7 Å². The molecule has 3 rings (SSSR count). The van der Waals surface area contributed by atoms with E-state index in [-0.39, 0.29) is 17.2 Å². The maximum Gasteiger partial charge on any atom is 0.372 e. The number of esters is 3.